The molecule has 0 atom stereocenters. The summed E-state index contributed by atoms with van der Waals surface area (Å²) >= 11 is 8.04. The summed E-state index contributed by atoms with van der Waals surface area (Å²) in [5.74, 6) is 9.14. The van der Waals surface area contributed by atoms with Gasteiger partial charge in [-0.1, -0.05) is 84.0 Å². The molecule has 0 unspecified atom stereocenters. The number of thioether (sulfide) groups is 4. The Labute approximate surface area is 457 Å². The van der Waals surface area contributed by atoms with Gasteiger partial charge in [-0.3, -0.25) is 0 Å². The highest BCUT2D eigenvalue weighted by atomic mass is 32.2. The van der Waals surface area contributed by atoms with Crippen LogP contribution in [0.5, 0.6) is 0 Å². The van der Waals surface area contributed by atoms with Crippen molar-refractivity contribution in [3.05, 3.63) is 144 Å². The van der Waals surface area contributed by atoms with Crippen LogP contribution < -0.4 is 4.90 Å². The quantitative estimate of drug-likeness (QED) is 0.0418. The predicted molar refractivity (Wildman–Crippen MR) is 323 cm³/mol. The molecular weight excluding hydrogens is 1000 g/mol. The van der Waals surface area contributed by atoms with Crippen molar-refractivity contribution in [1.82, 2.24) is 8.96 Å². The van der Waals surface area contributed by atoms with Gasteiger partial charge in [0.2, 0.25) is 0 Å². The van der Waals surface area contributed by atoms with Gasteiger partial charge in [-0.05, 0) is 135 Å². The van der Waals surface area contributed by atoms with E-state index in [4.69, 9.17) is 0 Å². The van der Waals surface area contributed by atoms with Crippen molar-refractivity contribution < 1.29 is 26.2 Å². The smallest absolute Gasteiger partial charge is 0.393 e. The summed E-state index contributed by atoms with van der Waals surface area (Å²) in [5, 5.41) is 0. The van der Waals surface area contributed by atoms with Crippen LogP contribution >= 0.6 is 47.0 Å². The monoisotopic (exact) mass is 1080 g/mol. The first-order chi connectivity index (χ1) is 35.5. The maximum Gasteiger partial charge on any atom is 0.737 e. The minimum Gasteiger partial charge on any atom is -0.393 e. The highest BCUT2D eigenvalue weighted by Crippen LogP contribution is 2.50. The van der Waals surface area contributed by atoms with E-state index >= 15 is 17.3 Å². The van der Waals surface area contributed by atoms with E-state index < -0.39 is 13.9 Å². The zero-order valence-corrected chi connectivity index (χ0v) is 49.5. The Morgan fingerprint density at radius 3 is 1.39 bits per heavy atom. The van der Waals surface area contributed by atoms with Crippen LogP contribution in [0.2, 0.25) is 0 Å². The maximum absolute atomic E-state index is 18.0. The third-order valence-electron chi connectivity index (χ3n) is 16.1. The second kappa shape index (κ2) is 23.4. The van der Waals surface area contributed by atoms with E-state index in [1.807, 2.05) is 153 Å². The van der Waals surface area contributed by atoms with E-state index in [-0.39, 0.29) is 0 Å². The van der Waals surface area contributed by atoms with Crippen molar-refractivity contribution in [1.29, 1.82) is 0 Å². The van der Waals surface area contributed by atoms with Crippen molar-refractivity contribution in [2.45, 2.75) is 116 Å². The second-order valence-electron chi connectivity index (χ2n) is 19.9. The molecule has 0 spiro atoms. The lowest BCUT2D eigenvalue weighted by molar-refractivity contribution is -0.364. The summed E-state index contributed by atoms with van der Waals surface area (Å²) in [4.78, 5) is 2.50. The standard InChI is InChI=1S/C59H77B2F4N5S4/c1-14-49-38(7)56-54(57-39(8)50(15-2)43(12)68(57)60(62,63)67(56)42(49)11)46-23-25-47(26-24-46)55-58-40(9)51(16-3)44(13)69(58)61(64,65)70-53(52(17-4)41(10)59(55)70)29-22-45-20-27-48(28-21-45)66(30-32-73-36-34-71-18-5)31-33-74-37-35-72-19-6/h20-29H,14-19,30-37H2,1-13H3/b29-22+. The fourth-order valence-corrected chi connectivity index (χ4v) is 16.2. The first kappa shape index (κ1) is 56.3. The van der Waals surface area contributed by atoms with Crippen LogP contribution in [-0.4, -0.2) is 102 Å². The van der Waals surface area contributed by atoms with Crippen molar-refractivity contribution in [3.8, 4) is 0 Å². The second-order valence-corrected chi connectivity index (χ2v) is 25.1. The summed E-state index contributed by atoms with van der Waals surface area (Å²) in [7, 11) is 0. The van der Waals surface area contributed by atoms with E-state index in [0.29, 0.717) is 71.3 Å². The molecule has 2 aromatic heterocycles. The van der Waals surface area contributed by atoms with Gasteiger partial charge in [0.15, 0.2) is 11.4 Å². The fraction of sp³-hybridized carbons (Fsp3) is 0.458. The number of nitrogens with zero attached hydrogens (tertiary/aromatic N) is 5. The summed E-state index contributed by atoms with van der Waals surface area (Å²) in [6.45, 7) is 19.5. The molecule has 5 nitrogen and oxygen atoms in total. The Balaban J connectivity index is 1.21. The van der Waals surface area contributed by atoms with Crippen LogP contribution in [0.3, 0.4) is 0 Å². The highest BCUT2D eigenvalue weighted by molar-refractivity contribution is 8.03. The number of fused-ring (bicyclic) bond motifs is 4. The van der Waals surface area contributed by atoms with Gasteiger partial charge >= 0.3 is 13.9 Å². The Kier molecular flexibility index (Phi) is 17.8. The van der Waals surface area contributed by atoms with Crippen molar-refractivity contribution in [2.24, 2.45) is 0 Å². The first-order valence-electron chi connectivity index (χ1n) is 27.1. The van der Waals surface area contributed by atoms with Gasteiger partial charge in [0, 0.05) is 107 Å². The number of hydrogen-bond donors (Lipinski definition) is 0. The van der Waals surface area contributed by atoms with Crippen LogP contribution in [0.15, 0.2) is 82.2 Å². The maximum atomic E-state index is 18.0. The molecule has 0 aliphatic carbocycles. The SMILES string of the molecule is CCSCCSCCN(CCSCCSCC)c1ccc(/C=C/c2c(CC)c(C)c3n2[B-](F)(F)[N+]2=C(C)C(CC)=C(C)C2=C3c2ccc(C3=C4C(C)=C(CC)C(C)=[N+]4[B-](F)(F)n4c(C)c(CC)c(C)c43)cc2)cc1. The molecule has 2 aromatic carbocycles. The third kappa shape index (κ3) is 9.77. The molecule has 4 aliphatic heterocycles. The van der Waals surface area contributed by atoms with Crippen LogP contribution in [0.1, 0.15) is 144 Å². The van der Waals surface area contributed by atoms with Gasteiger partial charge in [-0.25, -0.2) is 0 Å². The topological polar surface area (TPSA) is 19.1 Å². The number of aromatic nitrogens is 2. The predicted octanol–water partition coefficient (Wildman–Crippen LogP) is 15.7. The van der Waals surface area contributed by atoms with Crippen LogP contribution in [0.4, 0.5) is 23.0 Å². The Hall–Kier alpha value is -3.91. The average Bonchev–Trinajstić information content (AvgIpc) is 4.02. The van der Waals surface area contributed by atoms with Gasteiger partial charge in [0.1, 0.15) is 11.4 Å². The molecule has 0 radical (unpaired) electrons. The Morgan fingerprint density at radius 2 is 0.946 bits per heavy atom. The van der Waals surface area contributed by atoms with E-state index in [1.54, 1.807) is 0 Å². The van der Waals surface area contributed by atoms with E-state index in [9.17, 15) is 0 Å². The minimum absolute atomic E-state index is 0.521. The Bertz CT molecular complexity index is 3030. The summed E-state index contributed by atoms with van der Waals surface area (Å²) in [5.41, 5.74) is 17.0. The summed E-state index contributed by atoms with van der Waals surface area (Å²) < 4.78 is 75.7. The molecule has 0 amide bonds. The number of hydrogen-bond acceptors (Lipinski definition) is 5. The molecule has 6 heterocycles. The normalized spacial score (nSPS) is 17.0. The van der Waals surface area contributed by atoms with Crippen molar-refractivity contribution in [3.63, 3.8) is 0 Å². The molecule has 4 aromatic rings. The van der Waals surface area contributed by atoms with E-state index in [1.165, 1.54) is 35.1 Å². The molecule has 396 valence electrons. The molecule has 0 fully saturated rings. The van der Waals surface area contributed by atoms with Crippen LogP contribution in [0, 0.1) is 20.8 Å². The lowest BCUT2D eigenvalue weighted by Gasteiger charge is -2.34. The zero-order chi connectivity index (χ0) is 53.4. The molecule has 4 aliphatic rings. The molecule has 0 saturated carbocycles. The van der Waals surface area contributed by atoms with Gasteiger partial charge in [0.05, 0.1) is 11.1 Å². The number of halogens is 4. The van der Waals surface area contributed by atoms with Crippen molar-refractivity contribution >= 4 is 101 Å². The molecule has 15 heteroatoms. The molecule has 74 heavy (non-hydrogen) atoms. The molecular formula is C59H77B2F4N5S4. The van der Waals surface area contributed by atoms with Gasteiger partial charge in [-0.2, -0.15) is 47.0 Å². The zero-order valence-electron chi connectivity index (χ0n) is 46.2. The number of anilines is 1. The number of allylic oxidation sites excluding steroid dienone is 4. The summed E-state index contributed by atoms with van der Waals surface area (Å²) in [6.07, 6.45) is 6.40. The van der Waals surface area contributed by atoms with Crippen molar-refractivity contribution in [2.75, 3.05) is 64.0 Å². The molecule has 0 N–H and O–H groups in total. The first-order valence-corrected chi connectivity index (χ1v) is 31.7. The fourth-order valence-electron chi connectivity index (χ4n) is 12.6. The lowest BCUT2D eigenvalue weighted by Crippen LogP contribution is -2.51. The average molecular weight is 1080 g/mol. The highest BCUT2D eigenvalue weighted by Gasteiger charge is 2.58. The van der Waals surface area contributed by atoms with Crippen LogP contribution in [-0.2, 0) is 12.8 Å². The van der Waals surface area contributed by atoms with E-state index in [2.05, 4.69) is 49.9 Å². The van der Waals surface area contributed by atoms with Crippen LogP contribution in [0.25, 0.3) is 23.3 Å². The molecule has 0 saturated heterocycles. The lowest BCUT2D eigenvalue weighted by atomic mass is 9.82. The molecule has 8 rings (SSSR count). The largest absolute Gasteiger partial charge is 0.737 e. The minimum atomic E-state index is -4.33. The Morgan fingerprint density at radius 1 is 0.514 bits per heavy atom. The van der Waals surface area contributed by atoms with Gasteiger partial charge in [0.25, 0.3) is 0 Å². The number of benzene rings is 2. The van der Waals surface area contributed by atoms with Gasteiger partial charge in [-0.15, -0.1) is 0 Å². The van der Waals surface area contributed by atoms with E-state index in [0.717, 1.165) is 120 Å². The van der Waals surface area contributed by atoms with Gasteiger partial charge < -0.3 is 40.1 Å². The summed E-state index contributed by atoms with van der Waals surface area (Å²) in [6, 6.07) is 16.8. The molecule has 0 bridgehead atoms. The third-order valence-corrected chi connectivity index (χ3v) is 20.3. The number of rotatable bonds is 23.